The molecule has 1 saturated heterocycles. The zero-order valence-electron chi connectivity index (χ0n) is 15.6. The van der Waals surface area contributed by atoms with Crippen LogP contribution < -0.4 is 4.90 Å². The molecule has 1 amide bonds. The van der Waals surface area contributed by atoms with E-state index < -0.39 is 57.6 Å². The van der Waals surface area contributed by atoms with E-state index in [2.05, 4.69) is 4.74 Å². The first-order chi connectivity index (χ1) is 15.0. The number of hydrogen-bond donors (Lipinski definition) is 0. The van der Waals surface area contributed by atoms with E-state index in [4.69, 9.17) is 0 Å². The van der Waals surface area contributed by atoms with Crippen molar-refractivity contribution in [3.05, 3.63) is 64.7 Å². The number of alkyl halides is 9. The quantitative estimate of drug-likeness (QED) is 0.319. The summed E-state index contributed by atoms with van der Waals surface area (Å²) in [5.74, 6) is -29.3. The Bertz CT molecular complexity index is 1080. The molecule has 3 rings (SSSR count). The number of carbonyl (C=O) groups excluding carboxylic acids is 1. The summed E-state index contributed by atoms with van der Waals surface area (Å²) >= 11 is 0. The molecule has 33 heavy (non-hydrogen) atoms. The summed E-state index contributed by atoms with van der Waals surface area (Å²) in [5.41, 5.74) is -1.86. The van der Waals surface area contributed by atoms with Crippen LogP contribution in [0.15, 0.2) is 54.6 Å². The van der Waals surface area contributed by atoms with Crippen LogP contribution in [0.2, 0.25) is 0 Å². The predicted molar refractivity (Wildman–Crippen MR) is 91.4 cm³/mol. The van der Waals surface area contributed by atoms with Crippen molar-refractivity contribution < 1.29 is 54.0 Å². The third kappa shape index (κ3) is 3.29. The number of halogens is 9. The maximum absolute atomic E-state index is 14.8. The number of amides is 1. The Hall–Kier alpha value is -3.36. The lowest BCUT2D eigenvalue weighted by atomic mass is 9.98. The van der Waals surface area contributed by atoms with E-state index in [-0.39, 0.29) is 4.90 Å². The first-order valence-corrected chi connectivity index (χ1v) is 8.55. The number of anilines is 2. The van der Waals surface area contributed by atoms with Gasteiger partial charge in [0.2, 0.25) is 0 Å². The van der Waals surface area contributed by atoms with Gasteiger partial charge in [-0.1, -0.05) is 18.2 Å². The van der Waals surface area contributed by atoms with E-state index in [1.54, 1.807) is 0 Å². The highest BCUT2D eigenvalue weighted by molar-refractivity contribution is 6.05. The van der Waals surface area contributed by atoms with Crippen LogP contribution >= 0.6 is 0 Å². The Morgan fingerprint density at radius 3 is 1.76 bits per heavy atom. The second kappa shape index (κ2) is 7.33. The van der Waals surface area contributed by atoms with Gasteiger partial charge in [-0.3, -0.25) is 24.5 Å². The number of carbonyl (C=O) groups is 1. The molecule has 0 aromatic heterocycles. The van der Waals surface area contributed by atoms with Gasteiger partial charge in [0.05, 0.1) is 4.92 Å². The molecule has 2 aromatic rings. The maximum Gasteiger partial charge on any atom is 0.428 e. The third-order valence-corrected chi connectivity index (χ3v) is 4.64. The van der Waals surface area contributed by atoms with Gasteiger partial charge in [-0.25, -0.2) is 0 Å². The van der Waals surface area contributed by atoms with E-state index in [1.165, 1.54) is 6.07 Å². The predicted octanol–water partition coefficient (Wildman–Crippen LogP) is 5.45. The summed E-state index contributed by atoms with van der Waals surface area (Å²) in [6, 6.07) is 8.22. The van der Waals surface area contributed by atoms with Gasteiger partial charge in [0, 0.05) is 23.5 Å². The average Bonchev–Trinajstić information content (AvgIpc) is 2.83. The molecule has 0 radical (unpaired) electrons. The maximum atomic E-state index is 14.8. The fraction of sp³-hybridized carbons (Fsp3) is 0.278. The topological polar surface area (TPSA) is 72.7 Å². The zero-order chi connectivity index (χ0) is 25.0. The molecule has 1 heterocycles. The Labute approximate surface area is 177 Å². The first kappa shape index (κ1) is 24.3. The lowest BCUT2D eigenvalue weighted by molar-refractivity contribution is -0.384. The van der Waals surface area contributed by atoms with Gasteiger partial charge in [-0.15, -0.1) is 0 Å². The zero-order valence-corrected chi connectivity index (χ0v) is 15.6. The minimum atomic E-state index is -6.85. The van der Waals surface area contributed by atoms with Crippen molar-refractivity contribution >= 4 is 23.0 Å². The van der Waals surface area contributed by atoms with E-state index in [1.807, 2.05) is 0 Å². The largest absolute Gasteiger partial charge is 0.428 e. The van der Waals surface area contributed by atoms with Crippen molar-refractivity contribution in [3.63, 3.8) is 0 Å². The lowest BCUT2D eigenvalue weighted by Crippen LogP contribution is -2.64. The number of benzene rings is 2. The molecule has 1 aliphatic heterocycles. The van der Waals surface area contributed by atoms with E-state index in [0.29, 0.717) is 24.3 Å². The Balaban J connectivity index is 2.16. The first-order valence-electron chi connectivity index (χ1n) is 8.55. The number of non-ortho nitro benzene ring substituents is 1. The highest BCUT2D eigenvalue weighted by Gasteiger charge is 2.96. The monoisotopic (exact) mass is 488 g/mol. The molecule has 178 valence electrons. The second-order valence-electron chi connectivity index (χ2n) is 6.69. The smallest absolute Gasteiger partial charge is 0.276 e. The molecule has 1 unspecified atom stereocenters. The summed E-state index contributed by atoms with van der Waals surface area (Å²) in [4.78, 5) is 22.3. The molecule has 0 bridgehead atoms. The third-order valence-electron chi connectivity index (χ3n) is 4.64. The molecular formula is C18H9F9N2O4. The molecule has 1 aliphatic rings. The summed E-state index contributed by atoms with van der Waals surface area (Å²) in [6.07, 6.45) is -6.39. The van der Waals surface area contributed by atoms with Crippen LogP contribution in [0.5, 0.6) is 0 Å². The Kier molecular flexibility index (Phi) is 5.39. The minimum absolute atomic E-state index is 0.168. The Morgan fingerprint density at radius 1 is 0.848 bits per heavy atom. The normalized spacial score (nSPS) is 23.2. The molecule has 1 fully saturated rings. The molecule has 0 spiro atoms. The standard InChI is InChI=1S/C18H9F9N2O4/c19-14(20,17(25)15(21,22)16(23,24)18(26,27)33-17)13(30)28(10-4-2-1-3-5-10)11-6-8-12(9-7-11)29(31)32/h1-9H. The van der Waals surface area contributed by atoms with Crippen LogP contribution in [0.3, 0.4) is 0 Å². The lowest BCUT2D eigenvalue weighted by Gasteiger charge is -2.35. The highest BCUT2D eigenvalue weighted by Crippen LogP contribution is 2.65. The summed E-state index contributed by atoms with van der Waals surface area (Å²) < 4.78 is 128. The highest BCUT2D eigenvalue weighted by atomic mass is 19.4. The summed E-state index contributed by atoms with van der Waals surface area (Å²) in [5, 5.41) is 10.8. The summed E-state index contributed by atoms with van der Waals surface area (Å²) in [6.45, 7) is 0. The van der Waals surface area contributed by atoms with Crippen molar-refractivity contribution in [2.75, 3.05) is 4.90 Å². The van der Waals surface area contributed by atoms with Crippen LogP contribution in [0.1, 0.15) is 0 Å². The van der Waals surface area contributed by atoms with Crippen molar-refractivity contribution in [2.45, 2.75) is 29.7 Å². The molecule has 0 saturated carbocycles. The van der Waals surface area contributed by atoms with Gasteiger partial charge in [0.1, 0.15) is 0 Å². The number of rotatable bonds is 5. The van der Waals surface area contributed by atoms with E-state index >= 15 is 0 Å². The van der Waals surface area contributed by atoms with Crippen molar-refractivity contribution in [1.29, 1.82) is 0 Å². The molecule has 6 nitrogen and oxygen atoms in total. The van der Waals surface area contributed by atoms with Crippen molar-refractivity contribution in [2.24, 2.45) is 0 Å². The number of para-hydroxylation sites is 1. The molecular weight excluding hydrogens is 479 g/mol. The van der Waals surface area contributed by atoms with E-state index in [0.717, 1.165) is 24.3 Å². The van der Waals surface area contributed by atoms with Crippen LogP contribution in [0, 0.1) is 10.1 Å². The summed E-state index contributed by atoms with van der Waals surface area (Å²) in [7, 11) is 0. The van der Waals surface area contributed by atoms with E-state index in [9.17, 15) is 54.4 Å². The van der Waals surface area contributed by atoms with Gasteiger partial charge in [0.25, 0.3) is 5.69 Å². The van der Waals surface area contributed by atoms with Crippen LogP contribution in [-0.2, 0) is 9.53 Å². The molecule has 0 aliphatic carbocycles. The van der Waals surface area contributed by atoms with Gasteiger partial charge in [-0.2, -0.15) is 39.5 Å². The van der Waals surface area contributed by atoms with Crippen molar-refractivity contribution in [1.82, 2.24) is 0 Å². The van der Waals surface area contributed by atoms with Crippen LogP contribution in [0.25, 0.3) is 0 Å². The van der Waals surface area contributed by atoms with Gasteiger partial charge in [0.15, 0.2) is 0 Å². The average molecular weight is 488 g/mol. The number of nitrogens with zero attached hydrogens (tertiary/aromatic N) is 2. The molecule has 15 heteroatoms. The number of hydrogen-bond acceptors (Lipinski definition) is 4. The SMILES string of the molecule is O=C(N(c1ccccc1)c1ccc([N+](=O)[O-])cc1)C(F)(F)C1(F)OC(F)(F)C(F)(F)C1(F)F. The second-order valence-corrected chi connectivity index (χ2v) is 6.69. The molecule has 0 N–H and O–H groups in total. The number of ether oxygens (including phenoxy) is 1. The van der Waals surface area contributed by atoms with Gasteiger partial charge >= 0.3 is 35.6 Å². The van der Waals surface area contributed by atoms with Crippen LogP contribution in [0.4, 0.5) is 56.6 Å². The molecule has 1 atom stereocenters. The number of nitro benzene ring substituents is 1. The fourth-order valence-electron chi connectivity index (χ4n) is 2.91. The fourth-order valence-corrected chi connectivity index (χ4v) is 2.91. The minimum Gasteiger partial charge on any atom is -0.276 e. The Morgan fingerprint density at radius 2 is 1.33 bits per heavy atom. The number of nitro groups is 1. The molecule has 2 aromatic carbocycles. The van der Waals surface area contributed by atoms with Gasteiger partial charge < -0.3 is 0 Å². The van der Waals surface area contributed by atoms with Crippen molar-refractivity contribution in [3.8, 4) is 0 Å². The van der Waals surface area contributed by atoms with Gasteiger partial charge in [-0.05, 0) is 24.3 Å². The van der Waals surface area contributed by atoms with Crippen LogP contribution in [-0.4, -0.2) is 40.6 Å².